The molecule has 0 spiro atoms. The number of anilines is 1. The zero-order chi connectivity index (χ0) is 14.7. The summed E-state index contributed by atoms with van der Waals surface area (Å²) in [6, 6.07) is 9.59. The average Bonchev–Trinajstić information content (AvgIpc) is 2.41. The van der Waals surface area contributed by atoms with E-state index >= 15 is 0 Å². The summed E-state index contributed by atoms with van der Waals surface area (Å²) in [4.78, 5) is 12.3. The van der Waals surface area contributed by atoms with Crippen molar-refractivity contribution in [3.63, 3.8) is 0 Å². The molecule has 0 fully saturated rings. The third-order valence-electron chi connectivity index (χ3n) is 2.78. The number of nitrogens with one attached hydrogen (secondary N) is 1. The van der Waals surface area contributed by atoms with Crippen LogP contribution >= 0.6 is 22.6 Å². The number of carbonyl (C=O) groups excluding carboxylic acids is 1. The van der Waals surface area contributed by atoms with Gasteiger partial charge in [0.2, 0.25) is 0 Å². The number of carbonyl (C=O) groups is 1. The summed E-state index contributed by atoms with van der Waals surface area (Å²) in [5.74, 6) is -0.110. The van der Waals surface area contributed by atoms with E-state index in [9.17, 15) is 9.18 Å². The van der Waals surface area contributed by atoms with Crippen molar-refractivity contribution in [2.45, 2.75) is 6.92 Å². The third kappa shape index (κ3) is 3.27. The Morgan fingerprint density at radius 3 is 2.65 bits per heavy atom. The smallest absolute Gasteiger partial charge is 0.259 e. The lowest BCUT2D eigenvalue weighted by Gasteiger charge is -2.11. The van der Waals surface area contributed by atoms with Gasteiger partial charge < -0.3 is 10.1 Å². The average molecular weight is 385 g/mol. The fourth-order valence-electron chi connectivity index (χ4n) is 1.78. The van der Waals surface area contributed by atoms with E-state index in [1.54, 1.807) is 12.1 Å². The number of rotatable bonds is 3. The fraction of sp³-hybridized carbons (Fsp3) is 0.133. The molecule has 2 aromatic carbocycles. The first-order valence-electron chi connectivity index (χ1n) is 5.92. The zero-order valence-electron chi connectivity index (χ0n) is 11.0. The Balaban J connectivity index is 2.30. The molecule has 2 rings (SSSR count). The lowest BCUT2D eigenvalue weighted by Crippen LogP contribution is -2.14. The van der Waals surface area contributed by atoms with Gasteiger partial charge in [0.05, 0.1) is 18.4 Å². The maximum atomic E-state index is 13.0. The van der Waals surface area contributed by atoms with Gasteiger partial charge >= 0.3 is 0 Å². The molecule has 0 atom stereocenters. The number of aryl methyl sites for hydroxylation is 1. The van der Waals surface area contributed by atoms with Crippen LogP contribution in [0.3, 0.4) is 0 Å². The Morgan fingerprint density at radius 1 is 1.25 bits per heavy atom. The topological polar surface area (TPSA) is 38.3 Å². The van der Waals surface area contributed by atoms with Crippen LogP contribution in [0.25, 0.3) is 0 Å². The maximum absolute atomic E-state index is 13.0. The summed E-state index contributed by atoms with van der Waals surface area (Å²) >= 11 is 1.98. The predicted molar refractivity (Wildman–Crippen MR) is 84.8 cm³/mol. The molecule has 0 unspecified atom stereocenters. The minimum absolute atomic E-state index is 0.282. The van der Waals surface area contributed by atoms with Gasteiger partial charge in [0.1, 0.15) is 11.6 Å². The number of methoxy groups -OCH3 is 1. The first-order chi connectivity index (χ1) is 9.51. The molecule has 0 saturated heterocycles. The summed E-state index contributed by atoms with van der Waals surface area (Å²) in [5.41, 5.74) is 1.98. The largest absolute Gasteiger partial charge is 0.496 e. The van der Waals surface area contributed by atoms with Crippen LogP contribution in [0, 0.1) is 16.3 Å². The van der Waals surface area contributed by atoms with Gasteiger partial charge in [-0.25, -0.2) is 4.39 Å². The van der Waals surface area contributed by atoms with Crippen molar-refractivity contribution >= 4 is 34.2 Å². The summed E-state index contributed by atoms with van der Waals surface area (Å²) < 4.78 is 18.9. The van der Waals surface area contributed by atoms with E-state index < -0.39 is 0 Å². The highest BCUT2D eigenvalue weighted by Gasteiger charge is 2.14. The van der Waals surface area contributed by atoms with Crippen LogP contribution in [-0.2, 0) is 0 Å². The monoisotopic (exact) mass is 385 g/mol. The van der Waals surface area contributed by atoms with E-state index in [1.165, 1.54) is 25.3 Å². The molecule has 0 heterocycles. The highest BCUT2D eigenvalue weighted by molar-refractivity contribution is 14.1. The summed E-state index contributed by atoms with van der Waals surface area (Å²) in [6.45, 7) is 1.90. The van der Waals surface area contributed by atoms with Gasteiger partial charge in [-0.2, -0.15) is 0 Å². The van der Waals surface area contributed by atoms with E-state index in [0.29, 0.717) is 20.6 Å². The van der Waals surface area contributed by atoms with Gasteiger partial charge in [-0.3, -0.25) is 4.79 Å². The molecule has 20 heavy (non-hydrogen) atoms. The Hall–Kier alpha value is -1.63. The van der Waals surface area contributed by atoms with Crippen LogP contribution < -0.4 is 10.1 Å². The third-order valence-corrected chi connectivity index (χ3v) is 3.67. The normalized spacial score (nSPS) is 10.2. The van der Waals surface area contributed by atoms with E-state index in [1.807, 2.05) is 35.6 Å². The maximum Gasteiger partial charge on any atom is 0.259 e. The molecule has 0 saturated carbocycles. The number of hydrogen-bond donors (Lipinski definition) is 1. The number of amides is 1. The van der Waals surface area contributed by atoms with Gasteiger partial charge in [-0.1, -0.05) is 11.6 Å². The number of halogens is 2. The molecule has 0 aliphatic rings. The van der Waals surface area contributed by atoms with Crippen LogP contribution in [0.4, 0.5) is 10.1 Å². The Bertz CT molecular complexity index is 658. The number of hydrogen-bond acceptors (Lipinski definition) is 2. The number of benzene rings is 2. The molecule has 0 aliphatic carbocycles. The molecule has 0 bridgehead atoms. The molecule has 1 N–H and O–H groups in total. The Labute approximate surface area is 130 Å². The molecule has 0 radical (unpaired) electrons. The summed E-state index contributed by atoms with van der Waals surface area (Å²) in [6.07, 6.45) is 0. The summed E-state index contributed by atoms with van der Waals surface area (Å²) in [7, 11) is 1.52. The number of ether oxygens (including phenoxy) is 1. The van der Waals surface area contributed by atoms with Crippen molar-refractivity contribution in [3.05, 3.63) is 56.9 Å². The molecule has 104 valence electrons. The van der Waals surface area contributed by atoms with Crippen LogP contribution in [-0.4, -0.2) is 13.0 Å². The Morgan fingerprint density at radius 2 is 2.00 bits per heavy atom. The van der Waals surface area contributed by atoms with Crippen LogP contribution in [0.2, 0.25) is 0 Å². The minimum atomic E-state index is -0.333. The zero-order valence-corrected chi connectivity index (χ0v) is 13.2. The van der Waals surface area contributed by atoms with Gasteiger partial charge in [-0.05, 0) is 59.8 Å². The van der Waals surface area contributed by atoms with Gasteiger partial charge in [-0.15, -0.1) is 0 Å². The highest BCUT2D eigenvalue weighted by Crippen LogP contribution is 2.23. The van der Waals surface area contributed by atoms with Crippen LogP contribution in [0.15, 0.2) is 36.4 Å². The van der Waals surface area contributed by atoms with Crippen molar-refractivity contribution < 1.29 is 13.9 Å². The van der Waals surface area contributed by atoms with Crippen molar-refractivity contribution in [1.29, 1.82) is 0 Å². The SMILES string of the molecule is COc1ccc(C)cc1C(=O)Nc1ccc(F)cc1I. The van der Waals surface area contributed by atoms with Gasteiger partial charge in [0.25, 0.3) is 5.91 Å². The van der Waals surface area contributed by atoms with Crippen LogP contribution in [0.1, 0.15) is 15.9 Å². The first-order valence-corrected chi connectivity index (χ1v) is 7.00. The molecule has 0 aromatic heterocycles. The molecule has 5 heteroatoms. The van der Waals surface area contributed by atoms with Crippen molar-refractivity contribution in [2.75, 3.05) is 12.4 Å². The summed E-state index contributed by atoms with van der Waals surface area (Å²) in [5, 5.41) is 2.76. The standard InChI is InChI=1S/C15H13FINO2/c1-9-3-6-14(20-2)11(7-9)15(19)18-13-5-4-10(16)8-12(13)17/h3-8H,1-2H3,(H,18,19). The van der Waals surface area contributed by atoms with Crippen molar-refractivity contribution in [2.24, 2.45) is 0 Å². The molecule has 3 nitrogen and oxygen atoms in total. The molecule has 2 aromatic rings. The quantitative estimate of drug-likeness (QED) is 0.812. The molecular weight excluding hydrogens is 372 g/mol. The second-order valence-corrected chi connectivity index (χ2v) is 5.44. The second-order valence-electron chi connectivity index (χ2n) is 4.28. The molecule has 1 amide bonds. The van der Waals surface area contributed by atoms with Gasteiger partial charge in [0, 0.05) is 3.57 Å². The van der Waals surface area contributed by atoms with E-state index in [4.69, 9.17) is 4.74 Å². The first kappa shape index (κ1) is 14.8. The predicted octanol–water partition coefficient (Wildman–Crippen LogP) is 4.00. The van der Waals surface area contributed by atoms with Gasteiger partial charge in [0.15, 0.2) is 0 Å². The Kier molecular flexibility index (Phi) is 4.59. The lowest BCUT2D eigenvalue weighted by atomic mass is 10.1. The molecule has 0 aliphatic heterocycles. The molecular formula is C15H13FINO2. The van der Waals surface area contributed by atoms with Crippen molar-refractivity contribution in [1.82, 2.24) is 0 Å². The van der Waals surface area contributed by atoms with E-state index in [2.05, 4.69) is 5.32 Å². The second kappa shape index (κ2) is 6.21. The van der Waals surface area contributed by atoms with Crippen LogP contribution in [0.5, 0.6) is 5.75 Å². The fourth-order valence-corrected chi connectivity index (χ4v) is 2.39. The lowest BCUT2D eigenvalue weighted by molar-refractivity contribution is 0.102. The van der Waals surface area contributed by atoms with E-state index in [-0.39, 0.29) is 11.7 Å². The van der Waals surface area contributed by atoms with Crippen molar-refractivity contribution in [3.8, 4) is 5.75 Å². The highest BCUT2D eigenvalue weighted by atomic mass is 127. The van der Waals surface area contributed by atoms with E-state index in [0.717, 1.165) is 5.56 Å². The minimum Gasteiger partial charge on any atom is -0.496 e.